The predicted molar refractivity (Wildman–Crippen MR) is 125 cm³/mol. The molecule has 2 fully saturated rings. The van der Waals surface area contributed by atoms with Crippen LogP contribution in [0.1, 0.15) is 76.1 Å². The van der Waals surface area contributed by atoms with E-state index in [1.165, 1.54) is 18.4 Å². The van der Waals surface area contributed by atoms with Crippen molar-refractivity contribution in [3.05, 3.63) is 76.2 Å². The van der Waals surface area contributed by atoms with Gasteiger partial charge in [0.2, 0.25) is 0 Å². The van der Waals surface area contributed by atoms with E-state index in [2.05, 4.69) is 37.0 Å². The summed E-state index contributed by atoms with van der Waals surface area (Å²) in [6, 6.07) is 16.0. The van der Waals surface area contributed by atoms with Gasteiger partial charge in [-0.05, 0) is 80.8 Å². The smallest absolute Gasteiger partial charge is 0.253 e. The number of aryl methyl sites for hydroxylation is 2. The van der Waals surface area contributed by atoms with Crippen LogP contribution in [0.3, 0.4) is 0 Å². The number of carbonyl (C=O) groups excluding carboxylic acids is 1. The van der Waals surface area contributed by atoms with E-state index in [1.807, 2.05) is 35.2 Å². The molecule has 1 aliphatic carbocycles. The fourth-order valence-corrected chi connectivity index (χ4v) is 4.73. The van der Waals surface area contributed by atoms with E-state index >= 15 is 0 Å². The van der Waals surface area contributed by atoms with Gasteiger partial charge in [0, 0.05) is 35.8 Å². The summed E-state index contributed by atoms with van der Waals surface area (Å²) in [6.07, 6.45) is 4.31. The molecule has 1 saturated heterocycles. The van der Waals surface area contributed by atoms with E-state index < -0.39 is 0 Å². The first-order chi connectivity index (χ1) is 15.5. The zero-order valence-corrected chi connectivity index (χ0v) is 18.7. The first-order valence-corrected chi connectivity index (χ1v) is 11.5. The van der Waals surface area contributed by atoms with Crippen molar-refractivity contribution in [2.75, 3.05) is 13.1 Å². The fraction of sp³-hybridized carbons (Fsp3) is 0.370. The van der Waals surface area contributed by atoms with Crippen LogP contribution in [0, 0.1) is 25.2 Å². The number of likely N-dealkylation sites (tertiary alicyclic amines) is 1. The van der Waals surface area contributed by atoms with Gasteiger partial charge >= 0.3 is 0 Å². The summed E-state index contributed by atoms with van der Waals surface area (Å²) in [5.74, 6) is 2.19. The van der Waals surface area contributed by atoms with Crippen molar-refractivity contribution in [3.8, 4) is 17.3 Å². The largest absolute Gasteiger partial charge is 0.345 e. The molecule has 3 aromatic rings. The Hall–Kier alpha value is -3.39. The van der Waals surface area contributed by atoms with Gasteiger partial charge in [-0.2, -0.15) is 5.26 Å². The standard InChI is InChI=1S/C27H28N4O/c1-17-3-6-23(15-24(17)25-18(2)29-26(30-25)22-9-10-22)27(32)31-13-11-21(12-14-31)20-7-4-19(16-28)5-8-20/h3-8,15,21-22H,9-14H2,1-2H3,(H,29,30). The number of benzene rings is 2. The molecule has 0 spiro atoms. The summed E-state index contributed by atoms with van der Waals surface area (Å²) >= 11 is 0. The maximum atomic E-state index is 13.3. The molecule has 1 saturated carbocycles. The number of piperidine rings is 1. The van der Waals surface area contributed by atoms with Crippen molar-refractivity contribution in [2.24, 2.45) is 0 Å². The highest BCUT2D eigenvalue weighted by Gasteiger charge is 2.28. The number of amides is 1. The second kappa shape index (κ2) is 8.27. The quantitative estimate of drug-likeness (QED) is 0.604. The predicted octanol–water partition coefficient (Wildman–Crippen LogP) is 5.46. The zero-order chi connectivity index (χ0) is 22.2. The number of nitrogens with one attached hydrogen (secondary N) is 1. The highest BCUT2D eigenvalue weighted by molar-refractivity contribution is 5.95. The molecule has 2 aliphatic rings. The summed E-state index contributed by atoms with van der Waals surface area (Å²) in [4.78, 5) is 23.6. The molecule has 162 valence electrons. The Labute approximate surface area is 189 Å². The van der Waals surface area contributed by atoms with Gasteiger partial charge in [0.15, 0.2) is 0 Å². The molecule has 1 amide bonds. The number of aromatic amines is 1. The number of imidazole rings is 1. The van der Waals surface area contributed by atoms with Crippen LogP contribution in [0.25, 0.3) is 11.3 Å². The maximum absolute atomic E-state index is 13.3. The van der Waals surface area contributed by atoms with E-state index in [0.717, 1.165) is 59.8 Å². The Bertz CT molecular complexity index is 1190. The summed E-state index contributed by atoms with van der Waals surface area (Å²) < 4.78 is 0. The van der Waals surface area contributed by atoms with E-state index in [-0.39, 0.29) is 5.91 Å². The maximum Gasteiger partial charge on any atom is 0.253 e. The van der Waals surface area contributed by atoms with Crippen LogP contribution in [0.15, 0.2) is 42.5 Å². The van der Waals surface area contributed by atoms with Crippen molar-refractivity contribution in [1.82, 2.24) is 14.9 Å². The van der Waals surface area contributed by atoms with Crippen molar-refractivity contribution >= 4 is 5.91 Å². The van der Waals surface area contributed by atoms with Crippen molar-refractivity contribution in [3.63, 3.8) is 0 Å². The molecule has 1 N–H and O–H groups in total. The number of hydrogen-bond donors (Lipinski definition) is 1. The van der Waals surface area contributed by atoms with Crippen molar-refractivity contribution in [2.45, 2.75) is 51.4 Å². The van der Waals surface area contributed by atoms with E-state index in [4.69, 9.17) is 10.2 Å². The topological polar surface area (TPSA) is 72.8 Å². The van der Waals surface area contributed by atoms with Crippen LogP contribution < -0.4 is 0 Å². The van der Waals surface area contributed by atoms with Crippen LogP contribution >= 0.6 is 0 Å². The van der Waals surface area contributed by atoms with Crippen LogP contribution in [-0.4, -0.2) is 33.9 Å². The first kappa shape index (κ1) is 20.5. The highest BCUT2D eigenvalue weighted by atomic mass is 16.2. The molecule has 2 aromatic carbocycles. The highest BCUT2D eigenvalue weighted by Crippen LogP contribution is 2.40. The summed E-state index contributed by atoms with van der Waals surface area (Å²) in [6.45, 7) is 5.65. The third-order valence-electron chi connectivity index (χ3n) is 6.90. The van der Waals surface area contributed by atoms with Gasteiger partial charge in [-0.1, -0.05) is 18.2 Å². The van der Waals surface area contributed by atoms with E-state index in [9.17, 15) is 4.79 Å². The van der Waals surface area contributed by atoms with Gasteiger partial charge < -0.3 is 9.88 Å². The number of hydrogen-bond acceptors (Lipinski definition) is 3. The van der Waals surface area contributed by atoms with E-state index in [0.29, 0.717) is 17.4 Å². The monoisotopic (exact) mass is 424 g/mol. The second-order valence-corrected chi connectivity index (χ2v) is 9.20. The number of carbonyl (C=O) groups is 1. The van der Waals surface area contributed by atoms with Gasteiger partial charge in [0.1, 0.15) is 5.82 Å². The second-order valence-electron chi connectivity index (χ2n) is 9.20. The average molecular weight is 425 g/mol. The Morgan fingerprint density at radius 2 is 1.75 bits per heavy atom. The molecule has 5 rings (SSSR count). The lowest BCUT2D eigenvalue weighted by Gasteiger charge is -2.32. The van der Waals surface area contributed by atoms with Crippen LogP contribution in [0.5, 0.6) is 0 Å². The Balaban J connectivity index is 1.31. The number of H-pyrrole nitrogens is 1. The Kier molecular flexibility index (Phi) is 5.30. The lowest BCUT2D eigenvalue weighted by Crippen LogP contribution is -2.37. The lowest BCUT2D eigenvalue weighted by molar-refractivity contribution is 0.0713. The van der Waals surface area contributed by atoms with Crippen LogP contribution in [0.4, 0.5) is 0 Å². The number of nitriles is 1. The Morgan fingerprint density at radius 1 is 1.03 bits per heavy atom. The van der Waals surface area contributed by atoms with Crippen LogP contribution in [0.2, 0.25) is 0 Å². The third-order valence-corrected chi connectivity index (χ3v) is 6.90. The fourth-order valence-electron chi connectivity index (χ4n) is 4.73. The van der Waals surface area contributed by atoms with Gasteiger partial charge in [-0.15, -0.1) is 0 Å². The number of aromatic nitrogens is 2. The minimum Gasteiger partial charge on any atom is -0.345 e. The summed E-state index contributed by atoms with van der Waals surface area (Å²) in [5.41, 5.74) is 6.91. The molecular weight excluding hydrogens is 396 g/mol. The SMILES string of the molecule is Cc1ccc(C(=O)N2CCC(c3ccc(C#N)cc3)CC2)cc1-c1nc(C2CC2)[nH]c1C. The lowest BCUT2D eigenvalue weighted by atomic mass is 9.88. The number of rotatable bonds is 4. The summed E-state index contributed by atoms with van der Waals surface area (Å²) in [5, 5.41) is 9.00. The van der Waals surface area contributed by atoms with Gasteiger partial charge in [0.05, 0.1) is 17.3 Å². The molecular formula is C27H28N4O. The third kappa shape index (κ3) is 3.93. The molecule has 0 bridgehead atoms. The first-order valence-electron chi connectivity index (χ1n) is 11.5. The van der Waals surface area contributed by atoms with Crippen molar-refractivity contribution < 1.29 is 4.79 Å². The number of nitrogens with zero attached hydrogens (tertiary/aromatic N) is 3. The summed E-state index contributed by atoms with van der Waals surface area (Å²) in [7, 11) is 0. The normalized spacial score (nSPS) is 16.7. The van der Waals surface area contributed by atoms with Gasteiger partial charge in [0.25, 0.3) is 5.91 Å². The zero-order valence-electron chi connectivity index (χ0n) is 18.7. The molecule has 0 radical (unpaired) electrons. The minimum absolute atomic E-state index is 0.0973. The van der Waals surface area contributed by atoms with Gasteiger partial charge in [-0.25, -0.2) is 4.98 Å². The molecule has 32 heavy (non-hydrogen) atoms. The minimum atomic E-state index is 0.0973. The molecule has 5 heteroatoms. The molecule has 0 unspecified atom stereocenters. The molecule has 5 nitrogen and oxygen atoms in total. The average Bonchev–Trinajstić information content (AvgIpc) is 3.61. The van der Waals surface area contributed by atoms with Crippen molar-refractivity contribution in [1.29, 1.82) is 5.26 Å². The molecule has 1 aliphatic heterocycles. The molecule has 1 aromatic heterocycles. The molecule has 2 heterocycles. The Morgan fingerprint density at radius 3 is 2.41 bits per heavy atom. The molecule has 0 atom stereocenters. The van der Waals surface area contributed by atoms with Crippen LogP contribution in [-0.2, 0) is 0 Å². The van der Waals surface area contributed by atoms with E-state index in [1.54, 1.807) is 0 Å². The van der Waals surface area contributed by atoms with Gasteiger partial charge in [-0.3, -0.25) is 4.79 Å².